The monoisotopic (exact) mass is 616 g/mol. The molecule has 2 amide bonds. The van der Waals surface area contributed by atoms with Crippen LogP contribution in [0.5, 0.6) is 0 Å². The topological polar surface area (TPSA) is 82.9 Å². The van der Waals surface area contributed by atoms with E-state index >= 15 is 0 Å². The van der Waals surface area contributed by atoms with Crippen molar-refractivity contribution in [2.45, 2.75) is 32.1 Å². The number of hydrazone groups is 2. The predicted molar refractivity (Wildman–Crippen MR) is 133 cm³/mol. The van der Waals surface area contributed by atoms with Crippen molar-refractivity contribution in [3.05, 3.63) is 66.8 Å². The molecule has 2 rings (SSSR count). The third-order valence-electron chi connectivity index (χ3n) is 3.90. The van der Waals surface area contributed by atoms with Gasteiger partial charge in [0.05, 0.1) is 12.4 Å². The minimum atomic E-state index is -0.126. The summed E-state index contributed by atoms with van der Waals surface area (Å²) >= 11 is 4.44. The lowest BCUT2D eigenvalue weighted by Gasteiger charge is -2.02. The molecule has 0 spiro atoms. The highest BCUT2D eigenvalue weighted by Crippen LogP contribution is 2.09. The van der Waals surface area contributed by atoms with Gasteiger partial charge in [-0.25, -0.2) is 10.9 Å². The molecule has 152 valence electrons. The summed E-state index contributed by atoms with van der Waals surface area (Å²) in [6.07, 6.45) is 6.26. The minimum Gasteiger partial charge on any atom is -0.273 e. The Kier molecular flexibility index (Phi) is 10.8. The van der Waals surface area contributed by atoms with Gasteiger partial charge in [0.25, 0.3) is 0 Å². The Balaban J connectivity index is 1.56. The maximum Gasteiger partial charge on any atom is 0.240 e. The van der Waals surface area contributed by atoms with E-state index in [1.807, 2.05) is 48.5 Å². The molecule has 0 saturated heterocycles. The first-order chi connectivity index (χ1) is 14.1. The van der Waals surface area contributed by atoms with E-state index in [1.54, 1.807) is 12.4 Å². The van der Waals surface area contributed by atoms with Crippen LogP contribution >= 0.6 is 45.2 Å². The van der Waals surface area contributed by atoms with Crippen LogP contribution in [0.25, 0.3) is 0 Å². The van der Waals surface area contributed by atoms with E-state index in [-0.39, 0.29) is 11.8 Å². The molecule has 0 aliphatic rings. The van der Waals surface area contributed by atoms with Crippen molar-refractivity contribution in [3.63, 3.8) is 0 Å². The van der Waals surface area contributed by atoms with Crippen molar-refractivity contribution >= 4 is 69.4 Å². The molecule has 0 aromatic heterocycles. The Bertz CT molecular complexity index is 813. The SMILES string of the molecule is O=C(CCCCCC(=O)N/N=C/c1ccccc1I)N/N=C/c1ccccc1I. The Labute approximate surface area is 197 Å². The number of nitrogens with one attached hydrogen (secondary N) is 2. The van der Waals surface area contributed by atoms with Crippen LogP contribution in [-0.4, -0.2) is 24.2 Å². The van der Waals surface area contributed by atoms with Crippen LogP contribution in [0.1, 0.15) is 43.2 Å². The number of halogens is 2. The number of rotatable bonds is 10. The Morgan fingerprint density at radius 1 is 0.724 bits per heavy atom. The summed E-state index contributed by atoms with van der Waals surface area (Å²) in [7, 11) is 0. The summed E-state index contributed by atoms with van der Waals surface area (Å²) in [5, 5.41) is 7.97. The number of carbonyl (C=O) groups excluding carboxylic acids is 2. The van der Waals surface area contributed by atoms with Gasteiger partial charge >= 0.3 is 0 Å². The van der Waals surface area contributed by atoms with Crippen LogP contribution in [0, 0.1) is 7.14 Å². The predicted octanol–water partition coefficient (Wildman–Crippen LogP) is 4.45. The van der Waals surface area contributed by atoms with Gasteiger partial charge in [-0.15, -0.1) is 0 Å². The summed E-state index contributed by atoms with van der Waals surface area (Å²) in [6.45, 7) is 0. The lowest BCUT2D eigenvalue weighted by Crippen LogP contribution is -2.18. The lowest BCUT2D eigenvalue weighted by molar-refractivity contribution is -0.121. The number of carbonyl (C=O) groups is 2. The molecule has 0 fully saturated rings. The molecule has 6 nitrogen and oxygen atoms in total. The molecular formula is C21H22I2N4O2. The van der Waals surface area contributed by atoms with Crippen molar-refractivity contribution in [3.8, 4) is 0 Å². The van der Waals surface area contributed by atoms with Gasteiger partial charge in [-0.1, -0.05) is 42.8 Å². The minimum absolute atomic E-state index is 0.126. The quantitative estimate of drug-likeness (QED) is 0.179. The smallest absolute Gasteiger partial charge is 0.240 e. The third kappa shape index (κ3) is 9.48. The van der Waals surface area contributed by atoms with Crippen molar-refractivity contribution in [1.82, 2.24) is 10.9 Å². The molecule has 0 aliphatic heterocycles. The standard InChI is InChI=1S/C21H22I2N4O2/c22-18-10-6-4-8-16(18)14-24-26-20(28)12-2-1-3-13-21(29)27-25-15-17-9-5-7-11-19(17)23/h4-11,14-15H,1-3,12-13H2,(H,26,28)(H,27,29)/b24-14+,25-15+. The molecule has 0 aliphatic carbocycles. The maximum atomic E-state index is 11.8. The average molecular weight is 616 g/mol. The second-order valence-electron chi connectivity index (χ2n) is 6.19. The molecule has 29 heavy (non-hydrogen) atoms. The van der Waals surface area contributed by atoms with E-state index in [0.717, 1.165) is 24.7 Å². The Morgan fingerprint density at radius 2 is 1.14 bits per heavy atom. The first-order valence-electron chi connectivity index (χ1n) is 9.19. The summed E-state index contributed by atoms with van der Waals surface area (Å²) < 4.78 is 2.15. The summed E-state index contributed by atoms with van der Waals surface area (Å²) in [4.78, 5) is 23.6. The van der Waals surface area contributed by atoms with Crippen molar-refractivity contribution in [1.29, 1.82) is 0 Å². The van der Waals surface area contributed by atoms with E-state index in [9.17, 15) is 9.59 Å². The molecule has 0 bridgehead atoms. The molecule has 2 N–H and O–H groups in total. The van der Waals surface area contributed by atoms with Gasteiger partial charge in [-0.3, -0.25) is 9.59 Å². The van der Waals surface area contributed by atoms with Crippen molar-refractivity contribution in [2.24, 2.45) is 10.2 Å². The highest BCUT2D eigenvalue weighted by molar-refractivity contribution is 14.1. The van der Waals surface area contributed by atoms with Gasteiger partial charge in [0.1, 0.15) is 0 Å². The fourth-order valence-electron chi connectivity index (χ4n) is 2.37. The molecular weight excluding hydrogens is 594 g/mol. The number of hydrogen-bond acceptors (Lipinski definition) is 4. The molecule has 0 saturated carbocycles. The van der Waals surface area contributed by atoms with Crippen LogP contribution in [0.3, 0.4) is 0 Å². The van der Waals surface area contributed by atoms with Crippen LogP contribution in [0.2, 0.25) is 0 Å². The molecule has 2 aromatic carbocycles. The van der Waals surface area contributed by atoms with Gasteiger partial charge in [0, 0.05) is 31.1 Å². The van der Waals surface area contributed by atoms with Crippen LogP contribution < -0.4 is 10.9 Å². The maximum absolute atomic E-state index is 11.8. The zero-order chi connectivity index (χ0) is 20.9. The number of hydrogen-bond donors (Lipinski definition) is 2. The second-order valence-corrected chi connectivity index (χ2v) is 8.51. The second kappa shape index (κ2) is 13.4. The van der Waals surface area contributed by atoms with E-state index in [4.69, 9.17) is 0 Å². The zero-order valence-electron chi connectivity index (χ0n) is 15.8. The van der Waals surface area contributed by atoms with Crippen LogP contribution in [0.15, 0.2) is 58.7 Å². The normalized spacial score (nSPS) is 11.1. The van der Waals surface area contributed by atoms with Crippen LogP contribution in [-0.2, 0) is 9.59 Å². The molecule has 0 heterocycles. The molecule has 8 heteroatoms. The number of nitrogens with zero attached hydrogens (tertiary/aromatic N) is 2. The zero-order valence-corrected chi connectivity index (χ0v) is 20.1. The fourth-order valence-corrected chi connectivity index (χ4v) is 3.42. The lowest BCUT2D eigenvalue weighted by atomic mass is 10.1. The van der Waals surface area contributed by atoms with E-state index in [0.29, 0.717) is 25.7 Å². The summed E-state index contributed by atoms with van der Waals surface area (Å²) in [6, 6.07) is 15.6. The molecule has 0 unspecified atom stereocenters. The van der Waals surface area contributed by atoms with Gasteiger partial charge in [-0.2, -0.15) is 10.2 Å². The van der Waals surface area contributed by atoms with E-state index in [2.05, 4.69) is 66.2 Å². The highest BCUT2D eigenvalue weighted by atomic mass is 127. The molecule has 0 radical (unpaired) electrons. The van der Waals surface area contributed by atoms with Gasteiger partial charge in [-0.05, 0) is 70.2 Å². The average Bonchev–Trinajstić information content (AvgIpc) is 2.70. The van der Waals surface area contributed by atoms with Crippen LogP contribution in [0.4, 0.5) is 0 Å². The van der Waals surface area contributed by atoms with Crippen molar-refractivity contribution in [2.75, 3.05) is 0 Å². The highest BCUT2D eigenvalue weighted by Gasteiger charge is 2.03. The van der Waals surface area contributed by atoms with E-state index < -0.39 is 0 Å². The largest absolute Gasteiger partial charge is 0.273 e. The summed E-state index contributed by atoms with van der Waals surface area (Å²) in [5.41, 5.74) is 6.99. The van der Waals surface area contributed by atoms with E-state index in [1.165, 1.54) is 0 Å². The van der Waals surface area contributed by atoms with Crippen molar-refractivity contribution < 1.29 is 9.59 Å². The first-order valence-corrected chi connectivity index (χ1v) is 11.3. The summed E-state index contributed by atoms with van der Waals surface area (Å²) in [5.74, 6) is -0.252. The Hall–Kier alpha value is -1.82. The first kappa shape index (κ1) is 23.5. The number of benzene rings is 2. The fraction of sp³-hybridized carbons (Fsp3) is 0.238. The van der Waals surface area contributed by atoms with Gasteiger partial charge in [0.2, 0.25) is 11.8 Å². The molecule has 2 aromatic rings. The number of amides is 2. The molecule has 0 atom stereocenters. The number of unbranched alkanes of at least 4 members (excludes halogenated alkanes) is 2. The van der Waals surface area contributed by atoms with Gasteiger partial charge < -0.3 is 0 Å². The third-order valence-corrected chi connectivity index (χ3v) is 5.87. The van der Waals surface area contributed by atoms with Gasteiger partial charge in [0.15, 0.2) is 0 Å². The Morgan fingerprint density at radius 3 is 1.55 bits per heavy atom.